The number of hydrogen-bond donors (Lipinski definition) is 1. The molecule has 0 aliphatic rings. The maximum atomic E-state index is 4.26. The standard InChI is InChI=1S/C11H17N5.ClH/c1-3-4-16-9-11(7-14-16)12-5-10-6-13-15(2)8-10;/h6-9,12H,3-5H2,1-2H3;1H. The quantitative estimate of drug-likeness (QED) is 0.890. The molecule has 0 atom stereocenters. The minimum atomic E-state index is 0. The molecule has 0 bridgehead atoms. The van der Waals surface area contributed by atoms with Crippen molar-refractivity contribution < 1.29 is 0 Å². The summed E-state index contributed by atoms with van der Waals surface area (Å²) in [6.45, 7) is 3.89. The Hall–Kier alpha value is -1.49. The predicted molar refractivity (Wildman–Crippen MR) is 70.3 cm³/mol. The first-order chi connectivity index (χ1) is 7.78. The van der Waals surface area contributed by atoms with E-state index in [4.69, 9.17) is 0 Å². The van der Waals surface area contributed by atoms with Crippen LogP contribution in [-0.4, -0.2) is 19.6 Å². The molecule has 0 saturated heterocycles. The van der Waals surface area contributed by atoms with Gasteiger partial charge in [0.1, 0.15) is 0 Å². The van der Waals surface area contributed by atoms with Crippen molar-refractivity contribution in [1.29, 1.82) is 0 Å². The van der Waals surface area contributed by atoms with Gasteiger partial charge in [0.15, 0.2) is 0 Å². The SMILES string of the molecule is CCCn1cc(NCc2cnn(C)c2)cn1.Cl. The Labute approximate surface area is 107 Å². The molecule has 0 aliphatic carbocycles. The summed E-state index contributed by atoms with van der Waals surface area (Å²) in [5.74, 6) is 0. The normalized spacial score (nSPS) is 10.0. The number of hydrogen-bond acceptors (Lipinski definition) is 3. The van der Waals surface area contributed by atoms with Crippen molar-refractivity contribution in [3.63, 3.8) is 0 Å². The number of anilines is 1. The molecule has 2 aromatic heterocycles. The van der Waals surface area contributed by atoms with Crippen LogP contribution in [0.5, 0.6) is 0 Å². The molecule has 2 rings (SSSR count). The monoisotopic (exact) mass is 255 g/mol. The van der Waals surface area contributed by atoms with Gasteiger partial charge in [-0.2, -0.15) is 10.2 Å². The zero-order valence-corrected chi connectivity index (χ0v) is 10.9. The second-order valence-electron chi connectivity index (χ2n) is 3.87. The summed E-state index contributed by atoms with van der Waals surface area (Å²) in [5.41, 5.74) is 2.23. The van der Waals surface area contributed by atoms with Gasteiger partial charge >= 0.3 is 0 Å². The molecule has 0 radical (unpaired) electrons. The van der Waals surface area contributed by atoms with Gasteiger partial charge in [-0.15, -0.1) is 12.4 Å². The van der Waals surface area contributed by atoms with Crippen molar-refractivity contribution in [3.05, 3.63) is 30.4 Å². The molecule has 6 heteroatoms. The highest BCUT2D eigenvalue weighted by atomic mass is 35.5. The molecule has 2 heterocycles. The van der Waals surface area contributed by atoms with E-state index in [1.165, 1.54) is 5.56 Å². The molecule has 0 unspecified atom stereocenters. The second kappa shape index (κ2) is 6.30. The maximum Gasteiger partial charge on any atom is 0.0729 e. The molecule has 0 amide bonds. The summed E-state index contributed by atoms with van der Waals surface area (Å²) >= 11 is 0. The van der Waals surface area contributed by atoms with Gasteiger partial charge in [0.05, 0.1) is 18.1 Å². The molecule has 5 nitrogen and oxygen atoms in total. The van der Waals surface area contributed by atoms with Gasteiger partial charge < -0.3 is 5.32 Å². The molecular weight excluding hydrogens is 238 g/mol. The summed E-state index contributed by atoms with van der Waals surface area (Å²) in [4.78, 5) is 0. The van der Waals surface area contributed by atoms with Crippen molar-refractivity contribution in [3.8, 4) is 0 Å². The van der Waals surface area contributed by atoms with Gasteiger partial charge in [0.25, 0.3) is 0 Å². The topological polar surface area (TPSA) is 47.7 Å². The first kappa shape index (κ1) is 13.6. The fourth-order valence-electron chi connectivity index (χ4n) is 1.57. The van der Waals surface area contributed by atoms with Crippen molar-refractivity contribution in [2.45, 2.75) is 26.4 Å². The fraction of sp³-hybridized carbons (Fsp3) is 0.455. The number of aryl methyl sites for hydroxylation is 2. The third-order valence-corrected chi connectivity index (χ3v) is 2.34. The van der Waals surface area contributed by atoms with Crippen LogP contribution < -0.4 is 5.32 Å². The lowest BCUT2D eigenvalue weighted by atomic mass is 10.3. The van der Waals surface area contributed by atoms with Gasteiger partial charge in [-0.3, -0.25) is 9.36 Å². The molecule has 94 valence electrons. The molecular formula is C11H18ClN5. The summed E-state index contributed by atoms with van der Waals surface area (Å²) < 4.78 is 3.75. The number of nitrogens with one attached hydrogen (secondary N) is 1. The van der Waals surface area contributed by atoms with E-state index in [2.05, 4.69) is 22.4 Å². The van der Waals surface area contributed by atoms with E-state index in [9.17, 15) is 0 Å². The molecule has 0 saturated carbocycles. The van der Waals surface area contributed by atoms with Crippen LogP contribution >= 0.6 is 12.4 Å². The van der Waals surface area contributed by atoms with Gasteiger partial charge in [-0.05, 0) is 6.42 Å². The summed E-state index contributed by atoms with van der Waals surface area (Å²) in [6, 6.07) is 0. The number of aromatic nitrogens is 4. The van der Waals surface area contributed by atoms with Gasteiger partial charge in [-0.1, -0.05) is 6.92 Å². The van der Waals surface area contributed by atoms with Crippen molar-refractivity contribution in [2.75, 3.05) is 5.32 Å². The van der Waals surface area contributed by atoms with E-state index >= 15 is 0 Å². The summed E-state index contributed by atoms with van der Waals surface area (Å²) in [5, 5.41) is 11.7. The largest absolute Gasteiger partial charge is 0.378 e. The van der Waals surface area contributed by atoms with Gasteiger partial charge in [0.2, 0.25) is 0 Å². The number of rotatable bonds is 5. The molecule has 0 aromatic carbocycles. The van der Waals surface area contributed by atoms with Crippen LogP contribution in [0.25, 0.3) is 0 Å². The highest BCUT2D eigenvalue weighted by Gasteiger charge is 1.99. The van der Waals surface area contributed by atoms with E-state index in [0.29, 0.717) is 0 Å². The maximum absolute atomic E-state index is 4.26. The van der Waals surface area contributed by atoms with Gasteiger partial charge in [-0.25, -0.2) is 0 Å². The zero-order chi connectivity index (χ0) is 11.4. The van der Waals surface area contributed by atoms with Gasteiger partial charge in [0, 0.05) is 38.1 Å². The Kier molecular flexibility index (Phi) is 5.03. The van der Waals surface area contributed by atoms with Crippen LogP contribution in [0, 0.1) is 0 Å². The van der Waals surface area contributed by atoms with E-state index in [-0.39, 0.29) is 12.4 Å². The number of halogens is 1. The summed E-state index contributed by atoms with van der Waals surface area (Å²) in [7, 11) is 1.92. The highest BCUT2D eigenvalue weighted by molar-refractivity contribution is 5.85. The first-order valence-electron chi connectivity index (χ1n) is 5.52. The van der Waals surface area contributed by atoms with Crippen LogP contribution in [0.4, 0.5) is 5.69 Å². The highest BCUT2D eigenvalue weighted by Crippen LogP contribution is 2.07. The Morgan fingerprint density at radius 3 is 2.71 bits per heavy atom. The van der Waals surface area contributed by atoms with Crippen molar-refractivity contribution in [1.82, 2.24) is 19.6 Å². The third-order valence-electron chi connectivity index (χ3n) is 2.34. The Balaban J connectivity index is 0.00000144. The second-order valence-corrected chi connectivity index (χ2v) is 3.87. The average molecular weight is 256 g/mol. The van der Waals surface area contributed by atoms with E-state index in [1.54, 1.807) is 4.68 Å². The molecule has 0 spiro atoms. The Bertz CT molecular complexity index is 448. The number of nitrogens with zero attached hydrogens (tertiary/aromatic N) is 4. The van der Waals surface area contributed by atoms with E-state index in [0.717, 1.165) is 25.2 Å². The van der Waals surface area contributed by atoms with E-state index in [1.807, 2.05) is 36.5 Å². The van der Waals surface area contributed by atoms with Crippen molar-refractivity contribution in [2.24, 2.45) is 7.05 Å². The Morgan fingerprint density at radius 2 is 2.06 bits per heavy atom. The lowest BCUT2D eigenvalue weighted by molar-refractivity contribution is 0.603. The minimum absolute atomic E-state index is 0. The lowest BCUT2D eigenvalue weighted by Gasteiger charge is -2.00. The van der Waals surface area contributed by atoms with Crippen LogP contribution in [-0.2, 0) is 20.1 Å². The van der Waals surface area contributed by atoms with E-state index < -0.39 is 0 Å². The molecule has 2 aromatic rings. The Morgan fingerprint density at radius 1 is 1.24 bits per heavy atom. The average Bonchev–Trinajstić information content (AvgIpc) is 2.85. The predicted octanol–water partition coefficient (Wildman–Crippen LogP) is 2.06. The van der Waals surface area contributed by atoms with Crippen molar-refractivity contribution >= 4 is 18.1 Å². The lowest BCUT2D eigenvalue weighted by Crippen LogP contribution is -1.98. The van der Waals surface area contributed by atoms with Crippen LogP contribution in [0.15, 0.2) is 24.8 Å². The third kappa shape index (κ3) is 3.78. The molecule has 0 fully saturated rings. The zero-order valence-electron chi connectivity index (χ0n) is 10.1. The molecule has 17 heavy (non-hydrogen) atoms. The fourth-order valence-corrected chi connectivity index (χ4v) is 1.57. The van der Waals surface area contributed by atoms with Crippen LogP contribution in [0.2, 0.25) is 0 Å². The summed E-state index contributed by atoms with van der Waals surface area (Å²) in [6.07, 6.45) is 8.85. The molecule has 0 aliphatic heterocycles. The molecule has 1 N–H and O–H groups in total. The smallest absolute Gasteiger partial charge is 0.0729 e. The first-order valence-corrected chi connectivity index (χ1v) is 5.52. The van der Waals surface area contributed by atoms with Crippen LogP contribution in [0.3, 0.4) is 0 Å². The van der Waals surface area contributed by atoms with Crippen LogP contribution in [0.1, 0.15) is 18.9 Å². The minimum Gasteiger partial charge on any atom is -0.378 e.